The van der Waals surface area contributed by atoms with Crippen molar-refractivity contribution >= 4 is 53.3 Å². The van der Waals surface area contributed by atoms with Crippen molar-refractivity contribution < 1.29 is 21.6 Å². The zero-order valence-corrected chi connectivity index (χ0v) is 18.4. The van der Waals surface area contributed by atoms with Gasteiger partial charge in [-0.25, -0.2) is 22.0 Å². The fourth-order valence-corrected chi connectivity index (χ4v) is 4.58. The first-order valence-electron chi connectivity index (χ1n) is 8.18. The molecule has 1 amide bonds. The largest absolute Gasteiger partial charge is 0.322 e. The Labute approximate surface area is 172 Å². The van der Waals surface area contributed by atoms with E-state index in [0.717, 1.165) is 6.07 Å². The van der Waals surface area contributed by atoms with Crippen LogP contribution in [0.4, 0.5) is 11.4 Å². The second kappa shape index (κ2) is 8.60. The number of nitrogens with one attached hydrogen (secondary N) is 2. The van der Waals surface area contributed by atoms with Crippen LogP contribution in [-0.4, -0.2) is 28.5 Å². The molecule has 8 nitrogen and oxygen atoms in total. The summed E-state index contributed by atoms with van der Waals surface area (Å²) in [6.07, 6.45) is 0.471. The summed E-state index contributed by atoms with van der Waals surface area (Å²) in [4.78, 5) is 12.5. The van der Waals surface area contributed by atoms with E-state index in [2.05, 4.69) is 26.0 Å². The van der Waals surface area contributed by atoms with Gasteiger partial charge in [0.05, 0.1) is 21.9 Å². The smallest absolute Gasteiger partial charge is 0.256 e. The van der Waals surface area contributed by atoms with Gasteiger partial charge < -0.3 is 5.32 Å². The molecule has 0 aromatic heterocycles. The SMILES string of the molecule is CCCS(=O)(=O)Nc1cccc(NC(=O)c2cc(S(N)(=O)=O)ccc2Br)c1C. The van der Waals surface area contributed by atoms with Gasteiger partial charge in [0.1, 0.15) is 0 Å². The van der Waals surface area contributed by atoms with Gasteiger partial charge in [-0.05, 0) is 65.2 Å². The predicted molar refractivity (Wildman–Crippen MR) is 112 cm³/mol. The topological polar surface area (TPSA) is 135 Å². The second-order valence-corrected chi connectivity index (χ2v) is 10.3. The number of halogens is 1. The van der Waals surface area contributed by atoms with Crippen molar-refractivity contribution in [3.8, 4) is 0 Å². The molecule has 4 N–H and O–H groups in total. The molecule has 28 heavy (non-hydrogen) atoms. The Kier molecular flexibility index (Phi) is 6.86. The Balaban J connectivity index is 2.34. The summed E-state index contributed by atoms with van der Waals surface area (Å²) in [6.45, 7) is 3.42. The van der Waals surface area contributed by atoms with Gasteiger partial charge in [0.25, 0.3) is 5.91 Å². The molecule has 11 heteroatoms. The predicted octanol–water partition coefficient (Wildman–Crippen LogP) is 2.81. The molecular weight excluding hydrogens is 470 g/mol. The van der Waals surface area contributed by atoms with Crippen LogP contribution in [0.5, 0.6) is 0 Å². The highest BCUT2D eigenvalue weighted by molar-refractivity contribution is 9.10. The summed E-state index contributed by atoms with van der Waals surface area (Å²) in [5, 5.41) is 7.78. The maximum absolute atomic E-state index is 12.6. The summed E-state index contributed by atoms with van der Waals surface area (Å²) in [6, 6.07) is 8.67. The molecule has 0 aliphatic carbocycles. The average Bonchev–Trinajstić information content (AvgIpc) is 2.57. The normalized spacial score (nSPS) is 11.9. The molecule has 0 saturated carbocycles. The highest BCUT2D eigenvalue weighted by Gasteiger charge is 2.18. The molecule has 0 spiro atoms. The zero-order valence-electron chi connectivity index (χ0n) is 15.2. The fourth-order valence-electron chi connectivity index (χ4n) is 2.41. The summed E-state index contributed by atoms with van der Waals surface area (Å²) < 4.78 is 50.0. The van der Waals surface area contributed by atoms with Crippen molar-refractivity contribution in [1.82, 2.24) is 0 Å². The Morgan fingerprint density at radius 3 is 2.36 bits per heavy atom. The van der Waals surface area contributed by atoms with Gasteiger partial charge in [-0.15, -0.1) is 0 Å². The van der Waals surface area contributed by atoms with Gasteiger partial charge in [0, 0.05) is 10.2 Å². The average molecular weight is 490 g/mol. The lowest BCUT2D eigenvalue weighted by atomic mass is 10.1. The lowest BCUT2D eigenvalue weighted by Crippen LogP contribution is -2.19. The van der Waals surface area contributed by atoms with Crippen LogP contribution >= 0.6 is 15.9 Å². The number of carbonyl (C=O) groups excluding carboxylic acids is 1. The van der Waals surface area contributed by atoms with Crippen molar-refractivity contribution in [2.24, 2.45) is 5.14 Å². The van der Waals surface area contributed by atoms with Crippen LogP contribution in [-0.2, 0) is 20.0 Å². The minimum Gasteiger partial charge on any atom is -0.322 e. The van der Waals surface area contributed by atoms with Gasteiger partial charge >= 0.3 is 0 Å². The van der Waals surface area contributed by atoms with E-state index in [-0.39, 0.29) is 16.2 Å². The number of hydrogen-bond acceptors (Lipinski definition) is 5. The van der Waals surface area contributed by atoms with Gasteiger partial charge in [-0.3, -0.25) is 9.52 Å². The number of primary sulfonamides is 1. The Morgan fingerprint density at radius 2 is 1.75 bits per heavy atom. The Bertz CT molecular complexity index is 1120. The van der Waals surface area contributed by atoms with Gasteiger partial charge in [-0.1, -0.05) is 13.0 Å². The number of benzene rings is 2. The Morgan fingerprint density at radius 1 is 1.11 bits per heavy atom. The zero-order chi connectivity index (χ0) is 21.1. The summed E-state index contributed by atoms with van der Waals surface area (Å²) in [5.74, 6) is -0.592. The van der Waals surface area contributed by atoms with Crippen LogP contribution in [0.15, 0.2) is 45.8 Å². The summed E-state index contributed by atoms with van der Waals surface area (Å²) in [7, 11) is -7.45. The van der Waals surface area contributed by atoms with E-state index in [1.165, 1.54) is 12.1 Å². The third kappa shape index (κ3) is 5.53. The fraction of sp³-hybridized carbons (Fsp3) is 0.235. The van der Waals surface area contributed by atoms with Crippen LogP contribution in [0, 0.1) is 6.92 Å². The van der Waals surface area contributed by atoms with Gasteiger partial charge in [0.2, 0.25) is 20.0 Å². The van der Waals surface area contributed by atoms with E-state index in [0.29, 0.717) is 27.8 Å². The van der Waals surface area contributed by atoms with Crippen molar-refractivity contribution in [3.63, 3.8) is 0 Å². The molecule has 0 heterocycles. The molecule has 0 saturated heterocycles. The number of rotatable bonds is 7. The van der Waals surface area contributed by atoms with Gasteiger partial charge in [-0.2, -0.15) is 0 Å². The van der Waals surface area contributed by atoms with Crippen LogP contribution in [0.3, 0.4) is 0 Å². The molecule has 0 radical (unpaired) electrons. The van der Waals surface area contributed by atoms with E-state index in [1.54, 1.807) is 32.0 Å². The second-order valence-electron chi connectivity index (χ2n) is 6.04. The van der Waals surface area contributed by atoms with Crippen LogP contribution in [0.25, 0.3) is 0 Å². The minimum absolute atomic E-state index is 0.0175. The number of nitrogens with two attached hydrogens (primary N) is 1. The van der Waals surface area contributed by atoms with Crippen LogP contribution in [0.2, 0.25) is 0 Å². The third-order valence-corrected chi connectivity index (χ3v) is 6.91. The first kappa shape index (κ1) is 22.3. The first-order chi connectivity index (χ1) is 12.9. The molecule has 0 unspecified atom stereocenters. The number of sulfonamides is 2. The highest BCUT2D eigenvalue weighted by Crippen LogP contribution is 2.27. The standard InChI is InChI=1S/C17H20BrN3O5S2/c1-3-9-27(23,24)21-16-6-4-5-15(11(16)2)20-17(22)13-10-12(28(19,25)26)7-8-14(13)18/h4-8,10,21H,3,9H2,1-2H3,(H,20,22)(H2,19,25,26). The van der Waals surface area contributed by atoms with E-state index in [9.17, 15) is 21.6 Å². The molecule has 2 rings (SSSR count). The first-order valence-corrected chi connectivity index (χ1v) is 12.2. The van der Waals surface area contributed by atoms with Crippen molar-refractivity contribution in [2.45, 2.75) is 25.2 Å². The third-order valence-electron chi connectivity index (χ3n) is 3.83. The van der Waals surface area contributed by atoms with Crippen molar-refractivity contribution in [3.05, 3.63) is 52.0 Å². The molecular formula is C17H20BrN3O5S2. The molecule has 0 fully saturated rings. The quantitative estimate of drug-likeness (QED) is 0.549. The molecule has 0 aliphatic heterocycles. The monoisotopic (exact) mass is 489 g/mol. The minimum atomic E-state index is -3.97. The number of anilines is 2. The molecule has 0 bridgehead atoms. The van der Waals surface area contributed by atoms with Crippen LogP contribution in [0.1, 0.15) is 29.3 Å². The van der Waals surface area contributed by atoms with E-state index in [1.807, 2.05) is 0 Å². The van der Waals surface area contributed by atoms with Gasteiger partial charge in [0.15, 0.2) is 0 Å². The van der Waals surface area contributed by atoms with E-state index in [4.69, 9.17) is 5.14 Å². The molecule has 2 aromatic carbocycles. The molecule has 0 atom stereocenters. The van der Waals surface area contributed by atoms with Crippen molar-refractivity contribution in [1.29, 1.82) is 0 Å². The van der Waals surface area contributed by atoms with E-state index < -0.39 is 26.0 Å². The summed E-state index contributed by atoms with van der Waals surface area (Å²) >= 11 is 3.21. The Hall–Kier alpha value is -1.95. The summed E-state index contributed by atoms with van der Waals surface area (Å²) in [5.41, 5.74) is 1.33. The number of hydrogen-bond donors (Lipinski definition) is 3. The maximum atomic E-state index is 12.6. The molecule has 2 aromatic rings. The molecule has 152 valence electrons. The lowest BCUT2D eigenvalue weighted by molar-refractivity contribution is 0.102. The van der Waals surface area contributed by atoms with Crippen LogP contribution < -0.4 is 15.2 Å². The number of amides is 1. The van der Waals surface area contributed by atoms with E-state index >= 15 is 0 Å². The number of carbonyl (C=O) groups is 1. The lowest BCUT2D eigenvalue weighted by Gasteiger charge is -2.15. The maximum Gasteiger partial charge on any atom is 0.256 e. The molecule has 0 aliphatic rings. The highest BCUT2D eigenvalue weighted by atomic mass is 79.9. The van der Waals surface area contributed by atoms with Crippen molar-refractivity contribution in [2.75, 3.05) is 15.8 Å².